The molecule has 2 amide bonds. The number of carbonyl (C=O) groups excluding carboxylic acids is 2. The Balaban J connectivity index is 2.11. The van der Waals surface area contributed by atoms with Crippen LogP contribution in [0.2, 0.25) is 0 Å². The minimum atomic E-state index is -0.587. The number of nitrogens with two attached hydrogens (primary N) is 1. The standard InChI is InChI=1S/C19H22N2O3/c1-13(2)11-14-3-7-16(8-4-14)18(23)21(20)19(24)17-9-5-15(12-22)6-10-17/h3-10,13,22H,11-12,20H2,1-2H3. The second-order valence-corrected chi connectivity index (χ2v) is 6.13. The van der Waals surface area contributed by atoms with Crippen molar-refractivity contribution in [2.45, 2.75) is 26.9 Å². The fourth-order valence-corrected chi connectivity index (χ4v) is 2.38. The van der Waals surface area contributed by atoms with Gasteiger partial charge in [0.05, 0.1) is 6.61 Å². The molecule has 2 aromatic rings. The molecule has 0 unspecified atom stereocenters. The van der Waals surface area contributed by atoms with Crippen molar-refractivity contribution in [3.63, 3.8) is 0 Å². The van der Waals surface area contributed by atoms with E-state index in [1.807, 2.05) is 12.1 Å². The molecule has 2 rings (SSSR count). The first-order chi connectivity index (χ1) is 11.4. The fourth-order valence-electron chi connectivity index (χ4n) is 2.38. The van der Waals surface area contributed by atoms with Crippen LogP contribution < -0.4 is 5.84 Å². The monoisotopic (exact) mass is 326 g/mol. The highest BCUT2D eigenvalue weighted by Gasteiger charge is 2.21. The topological polar surface area (TPSA) is 83.6 Å². The first-order valence-corrected chi connectivity index (χ1v) is 7.84. The average molecular weight is 326 g/mol. The number of hydrazine groups is 1. The van der Waals surface area contributed by atoms with Crippen molar-refractivity contribution in [2.75, 3.05) is 0 Å². The molecule has 0 aliphatic heterocycles. The third-order valence-corrected chi connectivity index (χ3v) is 3.67. The molecule has 0 fully saturated rings. The molecule has 0 aromatic heterocycles. The Labute approximate surface area is 141 Å². The molecule has 126 valence electrons. The van der Waals surface area contributed by atoms with Crippen LogP contribution in [0.25, 0.3) is 0 Å². The molecule has 3 N–H and O–H groups in total. The summed E-state index contributed by atoms with van der Waals surface area (Å²) in [5.74, 6) is 5.09. The van der Waals surface area contributed by atoms with Crippen LogP contribution >= 0.6 is 0 Å². The van der Waals surface area contributed by atoms with Crippen LogP contribution in [0.3, 0.4) is 0 Å². The van der Waals surface area contributed by atoms with Gasteiger partial charge in [-0.15, -0.1) is 0 Å². The van der Waals surface area contributed by atoms with Crippen molar-refractivity contribution < 1.29 is 14.7 Å². The van der Waals surface area contributed by atoms with Gasteiger partial charge in [0, 0.05) is 11.1 Å². The number of rotatable bonds is 5. The van der Waals surface area contributed by atoms with Crippen molar-refractivity contribution in [3.05, 3.63) is 70.8 Å². The first kappa shape index (κ1) is 17.8. The van der Waals surface area contributed by atoms with Crippen LogP contribution in [0.1, 0.15) is 45.7 Å². The number of aliphatic hydroxyl groups is 1. The van der Waals surface area contributed by atoms with Crippen molar-refractivity contribution in [3.8, 4) is 0 Å². The Hall–Kier alpha value is -2.50. The van der Waals surface area contributed by atoms with Gasteiger partial charge < -0.3 is 5.11 Å². The van der Waals surface area contributed by atoms with E-state index in [2.05, 4.69) is 13.8 Å². The van der Waals surface area contributed by atoms with Gasteiger partial charge in [0.15, 0.2) is 0 Å². The van der Waals surface area contributed by atoms with E-state index in [9.17, 15) is 9.59 Å². The smallest absolute Gasteiger partial charge is 0.275 e. The van der Waals surface area contributed by atoms with E-state index in [1.54, 1.807) is 24.3 Å². The van der Waals surface area contributed by atoms with Crippen LogP contribution in [0.5, 0.6) is 0 Å². The predicted octanol–water partition coefficient (Wildman–Crippen LogP) is 2.53. The molecule has 0 spiro atoms. The molecule has 0 heterocycles. The van der Waals surface area contributed by atoms with E-state index in [0.717, 1.165) is 12.0 Å². The predicted molar refractivity (Wildman–Crippen MR) is 92.0 cm³/mol. The van der Waals surface area contributed by atoms with Gasteiger partial charge >= 0.3 is 0 Å². The number of benzene rings is 2. The van der Waals surface area contributed by atoms with Crippen LogP contribution in [-0.4, -0.2) is 21.9 Å². The Morgan fingerprint density at radius 2 is 1.33 bits per heavy atom. The summed E-state index contributed by atoms with van der Waals surface area (Å²) >= 11 is 0. The second-order valence-electron chi connectivity index (χ2n) is 6.13. The molecule has 0 aliphatic rings. The molecule has 0 saturated heterocycles. The summed E-state index contributed by atoms with van der Waals surface area (Å²) in [4.78, 5) is 24.6. The van der Waals surface area contributed by atoms with Gasteiger partial charge in [0.2, 0.25) is 0 Å². The zero-order valence-corrected chi connectivity index (χ0v) is 13.9. The summed E-state index contributed by atoms with van der Waals surface area (Å²) in [6.07, 6.45) is 0.928. The molecule has 0 bridgehead atoms. The number of aliphatic hydroxyl groups excluding tert-OH is 1. The van der Waals surface area contributed by atoms with Crippen molar-refractivity contribution in [1.82, 2.24) is 5.01 Å². The SMILES string of the molecule is CC(C)Cc1ccc(C(=O)N(N)C(=O)c2ccc(CO)cc2)cc1. The minimum Gasteiger partial charge on any atom is -0.392 e. The third kappa shape index (κ3) is 4.28. The van der Waals surface area contributed by atoms with E-state index in [-0.39, 0.29) is 6.61 Å². The molecule has 24 heavy (non-hydrogen) atoms. The molecule has 0 radical (unpaired) electrons. The van der Waals surface area contributed by atoms with Crippen molar-refractivity contribution >= 4 is 11.8 Å². The third-order valence-electron chi connectivity index (χ3n) is 3.67. The Bertz CT molecular complexity index is 706. The van der Waals surface area contributed by atoms with E-state index in [1.165, 1.54) is 12.1 Å². The maximum absolute atomic E-state index is 12.4. The summed E-state index contributed by atoms with van der Waals surface area (Å²) in [6, 6.07) is 13.4. The molecular formula is C19H22N2O3. The summed E-state index contributed by atoms with van der Waals surface area (Å²) < 4.78 is 0. The molecule has 0 aliphatic carbocycles. The lowest BCUT2D eigenvalue weighted by Gasteiger charge is -2.15. The van der Waals surface area contributed by atoms with Gasteiger partial charge in [-0.3, -0.25) is 9.59 Å². The van der Waals surface area contributed by atoms with E-state index in [0.29, 0.717) is 27.6 Å². The van der Waals surface area contributed by atoms with Crippen molar-refractivity contribution in [2.24, 2.45) is 11.8 Å². The molecule has 2 aromatic carbocycles. The van der Waals surface area contributed by atoms with Crippen LogP contribution in [0.4, 0.5) is 0 Å². The van der Waals surface area contributed by atoms with Gasteiger partial charge in [0.1, 0.15) is 0 Å². The highest BCUT2D eigenvalue weighted by Crippen LogP contribution is 2.12. The molecule has 5 nitrogen and oxygen atoms in total. The van der Waals surface area contributed by atoms with E-state index >= 15 is 0 Å². The maximum atomic E-state index is 12.4. The lowest BCUT2D eigenvalue weighted by atomic mass is 10.0. The lowest BCUT2D eigenvalue weighted by Crippen LogP contribution is -2.42. The Morgan fingerprint density at radius 3 is 1.71 bits per heavy atom. The largest absolute Gasteiger partial charge is 0.392 e. The number of nitrogens with zero attached hydrogens (tertiary/aromatic N) is 1. The summed E-state index contributed by atoms with van der Waals surface area (Å²) in [5.41, 5.74) is 2.48. The number of carbonyl (C=O) groups is 2. The van der Waals surface area contributed by atoms with Crippen LogP contribution in [0, 0.1) is 5.92 Å². The Morgan fingerprint density at radius 1 is 0.917 bits per heavy atom. The lowest BCUT2D eigenvalue weighted by molar-refractivity contribution is 0.0615. The Kier molecular flexibility index (Phi) is 5.84. The van der Waals surface area contributed by atoms with Gasteiger partial charge in [-0.2, -0.15) is 0 Å². The summed E-state index contributed by atoms with van der Waals surface area (Å²) in [7, 11) is 0. The number of imide groups is 1. The van der Waals surface area contributed by atoms with Crippen LogP contribution in [0.15, 0.2) is 48.5 Å². The number of hydrogen-bond acceptors (Lipinski definition) is 4. The van der Waals surface area contributed by atoms with Gasteiger partial charge in [-0.1, -0.05) is 38.1 Å². The number of amides is 2. The fraction of sp³-hybridized carbons (Fsp3) is 0.263. The number of hydrogen-bond donors (Lipinski definition) is 2. The molecular weight excluding hydrogens is 304 g/mol. The zero-order valence-electron chi connectivity index (χ0n) is 13.9. The molecule has 0 saturated carbocycles. The van der Waals surface area contributed by atoms with Crippen molar-refractivity contribution in [1.29, 1.82) is 0 Å². The highest BCUT2D eigenvalue weighted by molar-refractivity contribution is 6.09. The maximum Gasteiger partial charge on any atom is 0.275 e. The minimum absolute atomic E-state index is 0.109. The summed E-state index contributed by atoms with van der Waals surface area (Å²) in [6.45, 7) is 4.14. The molecule has 5 heteroatoms. The van der Waals surface area contributed by atoms with Gasteiger partial charge in [-0.25, -0.2) is 10.9 Å². The van der Waals surface area contributed by atoms with Gasteiger partial charge in [-0.05, 0) is 47.7 Å². The second kappa shape index (κ2) is 7.86. The normalized spacial score (nSPS) is 10.7. The van der Waals surface area contributed by atoms with E-state index < -0.39 is 11.8 Å². The zero-order chi connectivity index (χ0) is 17.7. The van der Waals surface area contributed by atoms with Crippen LogP contribution in [-0.2, 0) is 13.0 Å². The first-order valence-electron chi connectivity index (χ1n) is 7.84. The van der Waals surface area contributed by atoms with Gasteiger partial charge in [0.25, 0.3) is 11.8 Å². The quantitative estimate of drug-likeness (QED) is 0.383. The highest BCUT2D eigenvalue weighted by atomic mass is 16.3. The summed E-state index contributed by atoms with van der Waals surface area (Å²) in [5, 5.41) is 9.63. The van der Waals surface area contributed by atoms with E-state index in [4.69, 9.17) is 10.9 Å². The molecule has 0 atom stereocenters. The average Bonchev–Trinajstić information content (AvgIpc) is 2.60.